The van der Waals surface area contributed by atoms with Crippen LogP contribution in [0.1, 0.15) is 30.4 Å². The van der Waals surface area contributed by atoms with Crippen LogP contribution in [0.25, 0.3) is 0 Å². The first-order valence-electron chi connectivity index (χ1n) is 7.39. The summed E-state index contributed by atoms with van der Waals surface area (Å²) in [5.41, 5.74) is 2.25. The fourth-order valence-corrected chi connectivity index (χ4v) is 2.57. The lowest BCUT2D eigenvalue weighted by atomic mass is 9.92. The molecule has 0 amide bonds. The molecule has 112 valence electrons. The minimum atomic E-state index is -0.177. The minimum absolute atomic E-state index is 0.177. The van der Waals surface area contributed by atoms with Crippen molar-refractivity contribution in [3.63, 3.8) is 0 Å². The van der Waals surface area contributed by atoms with E-state index >= 15 is 0 Å². The van der Waals surface area contributed by atoms with Crippen LogP contribution in [0.4, 0.5) is 4.39 Å². The number of hydrogen-bond acceptors (Lipinski definition) is 1. The molecule has 0 radical (unpaired) electrons. The SMILES string of the molecule is CCCNCC(Cc1cccc(F)c1)c1ccc(Cl)cc1. The zero-order chi connectivity index (χ0) is 15.1. The second-order valence-electron chi connectivity index (χ2n) is 5.29. The van der Waals surface area contributed by atoms with Gasteiger partial charge in [0.05, 0.1) is 0 Å². The van der Waals surface area contributed by atoms with Crippen LogP contribution in [0.3, 0.4) is 0 Å². The van der Waals surface area contributed by atoms with Gasteiger partial charge in [0.25, 0.3) is 0 Å². The van der Waals surface area contributed by atoms with E-state index in [-0.39, 0.29) is 5.82 Å². The van der Waals surface area contributed by atoms with Gasteiger partial charge in [-0.05, 0) is 54.8 Å². The zero-order valence-corrected chi connectivity index (χ0v) is 13.0. The molecule has 1 atom stereocenters. The van der Waals surface area contributed by atoms with E-state index in [1.165, 1.54) is 11.6 Å². The molecular formula is C18H21ClFN. The average molecular weight is 306 g/mol. The maximum Gasteiger partial charge on any atom is 0.123 e. The molecule has 0 spiro atoms. The van der Waals surface area contributed by atoms with Gasteiger partial charge in [0.2, 0.25) is 0 Å². The molecule has 0 aliphatic carbocycles. The highest BCUT2D eigenvalue weighted by Crippen LogP contribution is 2.22. The molecule has 0 fully saturated rings. The predicted octanol–water partition coefficient (Wildman–Crippen LogP) is 4.81. The minimum Gasteiger partial charge on any atom is -0.316 e. The molecular weight excluding hydrogens is 285 g/mol. The van der Waals surface area contributed by atoms with Crippen LogP contribution < -0.4 is 5.32 Å². The van der Waals surface area contributed by atoms with Crippen molar-refractivity contribution in [3.05, 3.63) is 70.5 Å². The lowest BCUT2D eigenvalue weighted by Gasteiger charge is -2.18. The Labute approximate surface area is 131 Å². The first-order valence-corrected chi connectivity index (χ1v) is 7.77. The molecule has 2 aromatic rings. The lowest BCUT2D eigenvalue weighted by molar-refractivity contribution is 0.573. The van der Waals surface area contributed by atoms with E-state index in [4.69, 9.17) is 11.6 Å². The summed E-state index contributed by atoms with van der Waals surface area (Å²) >= 11 is 5.96. The first kappa shape index (κ1) is 16.0. The number of halogens is 2. The van der Waals surface area contributed by atoms with Gasteiger partial charge in [-0.1, -0.05) is 42.8 Å². The van der Waals surface area contributed by atoms with Crippen molar-refractivity contribution in [1.29, 1.82) is 0 Å². The van der Waals surface area contributed by atoms with Crippen molar-refractivity contribution >= 4 is 11.6 Å². The van der Waals surface area contributed by atoms with E-state index in [1.807, 2.05) is 18.2 Å². The number of hydrogen-bond donors (Lipinski definition) is 1. The predicted molar refractivity (Wildman–Crippen MR) is 87.5 cm³/mol. The molecule has 1 N–H and O–H groups in total. The Hall–Kier alpha value is -1.38. The molecule has 0 aliphatic rings. The van der Waals surface area contributed by atoms with Crippen LogP contribution in [0, 0.1) is 5.82 Å². The standard InChI is InChI=1S/C18H21ClFN/c1-2-10-21-13-16(15-6-8-17(19)9-7-15)11-14-4-3-5-18(20)12-14/h3-9,12,16,21H,2,10-11,13H2,1H3. The van der Waals surface area contributed by atoms with Crippen molar-refractivity contribution in [2.24, 2.45) is 0 Å². The molecule has 2 rings (SSSR count). The van der Waals surface area contributed by atoms with Gasteiger partial charge in [0.15, 0.2) is 0 Å². The Kier molecular flexibility index (Phi) is 6.21. The highest BCUT2D eigenvalue weighted by Gasteiger charge is 2.12. The van der Waals surface area contributed by atoms with Gasteiger partial charge >= 0.3 is 0 Å². The van der Waals surface area contributed by atoms with Gasteiger partial charge in [0.1, 0.15) is 5.82 Å². The van der Waals surface area contributed by atoms with E-state index in [0.717, 1.165) is 36.5 Å². The third kappa shape index (κ3) is 5.14. The highest BCUT2D eigenvalue weighted by molar-refractivity contribution is 6.30. The van der Waals surface area contributed by atoms with Gasteiger partial charge in [0, 0.05) is 17.5 Å². The Balaban J connectivity index is 2.13. The summed E-state index contributed by atoms with van der Waals surface area (Å²) in [4.78, 5) is 0. The van der Waals surface area contributed by atoms with Crippen LogP contribution in [-0.2, 0) is 6.42 Å². The van der Waals surface area contributed by atoms with Crippen LogP contribution in [0.2, 0.25) is 5.02 Å². The normalized spacial score (nSPS) is 12.3. The summed E-state index contributed by atoms with van der Waals surface area (Å²) in [5, 5.41) is 4.20. The van der Waals surface area contributed by atoms with Crippen molar-refractivity contribution in [1.82, 2.24) is 5.32 Å². The molecule has 0 aliphatic heterocycles. The Morgan fingerprint density at radius 2 is 1.90 bits per heavy atom. The van der Waals surface area contributed by atoms with Crippen LogP contribution >= 0.6 is 11.6 Å². The van der Waals surface area contributed by atoms with Gasteiger partial charge in [-0.3, -0.25) is 0 Å². The molecule has 0 saturated carbocycles. The molecule has 2 aromatic carbocycles. The second-order valence-corrected chi connectivity index (χ2v) is 5.72. The van der Waals surface area contributed by atoms with Crippen molar-refractivity contribution in [3.8, 4) is 0 Å². The third-order valence-electron chi connectivity index (χ3n) is 3.53. The first-order chi connectivity index (χ1) is 10.2. The van der Waals surface area contributed by atoms with E-state index < -0.39 is 0 Å². The number of nitrogens with one attached hydrogen (secondary N) is 1. The van der Waals surface area contributed by atoms with Gasteiger partial charge < -0.3 is 5.32 Å². The van der Waals surface area contributed by atoms with Crippen LogP contribution in [-0.4, -0.2) is 13.1 Å². The fourth-order valence-electron chi connectivity index (χ4n) is 2.44. The molecule has 0 saturated heterocycles. The van der Waals surface area contributed by atoms with E-state index in [2.05, 4.69) is 24.4 Å². The summed E-state index contributed by atoms with van der Waals surface area (Å²) in [6.45, 7) is 4.02. The number of rotatable bonds is 7. The maximum absolute atomic E-state index is 13.3. The molecule has 0 heterocycles. The van der Waals surface area contributed by atoms with Crippen molar-refractivity contribution in [2.75, 3.05) is 13.1 Å². The average Bonchev–Trinajstić information content (AvgIpc) is 2.47. The lowest BCUT2D eigenvalue weighted by Crippen LogP contribution is -2.23. The zero-order valence-electron chi connectivity index (χ0n) is 12.3. The number of benzene rings is 2. The second kappa shape index (κ2) is 8.16. The van der Waals surface area contributed by atoms with Gasteiger partial charge in [-0.2, -0.15) is 0 Å². The van der Waals surface area contributed by atoms with Crippen LogP contribution in [0.5, 0.6) is 0 Å². The topological polar surface area (TPSA) is 12.0 Å². The molecule has 0 bridgehead atoms. The summed E-state index contributed by atoms with van der Waals surface area (Å²) in [5.74, 6) is 0.138. The molecule has 3 heteroatoms. The quantitative estimate of drug-likeness (QED) is 0.724. The van der Waals surface area contributed by atoms with Crippen molar-refractivity contribution in [2.45, 2.75) is 25.7 Å². The summed E-state index contributed by atoms with van der Waals surface area (Å²) in [6.07, 6.45) is 1.92. The smallest absolute Gasteiger partial charge is 0.123 e. The maximum atomic E-state index is 13.3. The Morgan fingerprint density at radius 3 is 2.57 bits per heavy atom. The van der Waals surface area contributed by atoms with E-state index in [9.17, 15) is 4.39 Å². The van der Waals surface area contributed by atoms with E-state index in [0.29, 0.717) is 5.92 Å². The highest BCUT2D eigenvalue weighted by atomic mass is 35.5. The monoisotopic (exact) mass is 305 g/mol. The third-order valence-corrected chi connectivity index (χ3v) is 3.78. The fraction of sp³-hybridized carbons (Fsp3) is 0.333. The van der Waals surface area contributed by atoms with E-state index in [1.54, 1.807) is 12.1 Å². The van der Waals surface area contributed by atoms with Crippen molar-refractivity contribution < 1.29 is 4.39 Å². The molecule has 21 heavy (non-hydrogen) atoms. The molecule has 1 nitrogen and oxygen atoms in total. The molecule has 1 unspecified atom stereocenters. The largest absolute Gasteiger partial charge is 0.316 e. The summed E-state index contributed by atoms with van der Waals surface area (Å²) in [7, 11) is 0. The summed E-state index contributed by atoms with van der Waals surface area (Å²) in [6, 6.07) is 14.8. The molecule has 0 aromatic heterocycles. The Bertz CT molecular complexity index is 553. The Morgan fingerprint density at radius 1 is 1.14 bits per heavy atom. The van der Waals surface area contributed by atoms with Gasteiger partial charge in [-0.15, -0.1) is 0 Å². The summed E-state index contributed by atoms with van der Waals surface area (Å²) < 4.78 is 13.3. The van der Waals surface area contributed by atoms with Crippen LogP contribution in [0.15, 0.2) is 48.5 Å². The van der Waals surface area contributed by atoms with Gasteiger partial charge in [-0.25, -0.2) is 4.39 Å².